The molecule has 0 bridgehead atoms. The van der Waals surface area contributed by atoms with Gasteiger partial charge in [-0.1, -0.05) is 33.1 Å². The van der Waals surface area contributed by atoms with Crippen LogP contribution in [0.1, 0.15) is 52.4 Å². The van der Waals surface area contributed by atoms with Crippen LogP contribution in [0, 0.1) is 5.92 Å². The minimum absolute atomic E-state index is 0.194. The fourth-order valence-corrected chi connectivity index (χ4v) is 1.67. The third-order valence-electron chi connectivity index (χ3n) is 3.14. The molecule has 0 aliphatic rings. The lowest BCUT2D eigenvalue weighted by Gasteiger charge is -2.13. The minimum atomic E-state index is -1.02. The highest BCUT2D eigenvalue weighted by molar-refractivity contribution is 5.83. The fourth-order valence-electron chi connectivity index (χ4n) is 1.67. The second-order valence-corrected chi connectivity index (χ2v) is 4.79. The number of carbonyl (C=O) groups is 2. The molecule has 0 rings (SSSR count). The van der Waals surface area contributed by atoms with Gasteiger partial charge in [0, 0.05) is 6.42 Å². The van der Waals surface area contributed by atoms with E-state index in [1.165, 1.54) is 0 Å². The first-order chi connectivity index (χ1) is 8.51. The Kier molecular flexibility index (Phi) is 9.28. The lowest BCUT2D eigenvalue weighted by atomic mass is 10.0. The number of unbranched alkanes of at least 4 members (excludes halogenated alkanes) is 1. The van der Waals surface area contributed by atoms with Crippen molar-refractivity contribution in [1.29, 1.82) is 0 Å². The van der Waals surface area contributed by atoms with Gasteiger partial charge in [-0.15, -0.1) is 0 Å². The van der Waals surface area contributed by atoms with Crippen LogP contribution in [-0.4, -0.2) is 29.6 Å². The number of carboxylic acids is 1. The van der Waals surface area contributed by atoms with Gasteiger partial charge < -0.3 is 16.2 Å². The molecule has 2 atom stereocenters. The highest BCUT2D eigenvalue weighted by atomic mass is 16.4. The first kappa shape index (κ1) is 16.9. The van der Waals surface area contributed by atoms with Crippen molar-refractivity contribution < 1.29 is 14.7 Å². The molecule has 0 aromatic carbocycles. The molecule has 0 fully saturated rings. The van der Waals surface area contributed by atoms with E-state index >= 15 is 0 Å². The van der Waals surface area contributed by atoms with Crippen LogP contribution in [0.5, 0.6) is 0 Å². The summed E-state index contributed by atoms with van der Waals surface area (Å²) in [6.45, 7) is 4.61. The molecule has 106 valence electrons. The van der Waals surface area contributed by atoms with Gasteiger partial charge in [0.15, 0.2) is 0 Å². The molecule has 5 heteroatoms. The van der Waals surface area contributed by atoms with Gasteiger partial charge in [-0.2, -0.15) is 0 Å². The molecule has 2 unspecified atom stereocenters. The van der Waals surface area contributed by atoms with Crippen LogP contribution in [0.3, 0.4) is 0 Å². The van der Waals surface area contributed by atoms with Crippen molar-refractivity contribution in [1.82, 2.24) is 5.32 Å². The number of carbonyl (C=O) groups excluding carboxylic acids is 1. The lowest BCUT2D eigenvalue weighted by molar-refractivity contribution is -0.142. The number of hydrogen-bond acceptors (Lipinski definition) is 3. The van der Waals surface area contributed by atoms with Gasteiger partial charge in [-0.25, -0.2) is 4.79 Å². The molecule has 0 radical (unpaired) electrons. The molecule has 0 saturated heterocycles. The summed E-state index contributed by atoms with van der Waals surface area (Å²) in [5, 5.41) is 11.4. The first-order valence-corrected chi connectivity index (χ1v) is 6.73. The first-order valence-electron chi connectivity index (χ1n) is 6.73. The van der Waals surface area contributed by atoms with Crippen LogP contribution in [0.25, 0.3) is 0 Å². The molecular weight excluding hydrogens is 232 g/mol. The van der Waals surface area contributed by atoms with E-state index in [0.717, 1.165) is 25.7 Å². The van der Waals surface area contributed by atoms with E-state index in [4.69, 9.17) is 10.8 Å². The normalized spacial score (nSPS) is 13.9. The maximum absolute atomic E-state index is 11.5. The molecule has 0 saturated carbocycles. The Balaban J connectivity index is 3.78. The molecule has 5 nitrogen and oxygen atoms in total. The van der Waals surface area contributed by atoms with Gasteiger partial charge in [0.2, 0.25) is 5.91 Å². The fraction of sp³-hybridized carbons (Fsp3) is 0.846. The van der Waals surface area contributed by atoms with Crippen LogP contribution < -0.4 is 11.1 Å². The van der Waals surface area contributed by atoms with E-state index < -0.39 is 12.0 Å². The Morgan fingerprint density at radius 3 is 2.44 bits per heavy atom. The minimum Gasteiger partial charge on any atom is -0.480 e. The molecular formula is C13H26N2O3. The number of rotatable bonds is 10. The summed E-state index contributed by atoms with van der Waals surface area (Å²) >= 11 is 0. The smallest absolute Gasteiger partial charge is 0.326 e. The van der Waals surface area contributed by atoms with E-state index in [0.29, 0.717) is 12.3 Å². The highest BCUT2D eigenvalue weighted by Gasteiger charge is 2.18. The molecule has 0 aromatic rings. The number of nitrogens with two attached hydrogens (primary N) is 1. The molecule has 0 heterocycles. The zero-order valence-electron chi connectivity index (χ0n) is 11.4. The predicted molar refractivity (Wildman–Crippen MR) is 71.2 cm³/mol. The number of hydrogen-bond donors (Lipinski definition) is 3. The zero-order chi connectivity index (χ0) is 14.0. The van der Waals surface area contributed by atoms with E-state index in [-0.39, 0.29) is 18.9 Å². The van der Waals surface area contributed by atoms with E-state index in [2.05, 4.69) is 19.2 Å². The molecule has 0 aliphatic carbocycles. The topological polar surface area (TPSA) is 92.4 Å². The van der Waals surface area contributed by atoms with Crippen molar-refractivity contribution in [2.24, 2.45) is 11.7 Å². The van der Waals surface area contributed by atoms with Crippen LogP contribution in [0.4, 0.5) is 0 Å². The SMILES string of the molecule is CCC(C)CCCCC(=O)NC(CCN)C(=O)O. The van der Waals surface area contributed by atoms with Crippen molar-refractivity contribution >= 4 is 11.9 Å². The van der Waals surface area contributed by atoms with Gasteiger partial charge in [0.05, 0.1) is 0 Å². The lowest BCUT2D eigenvalue weighted by Crippen LogP contribution is -2.41. The number of nitrogens with one attached hydrogen (secondary N) is 1. The number of carboxylic acid groups (broad SMARTS) is 1. The Morgan fingerprint density at radius 2 is 1.94 bits per heavy atom. The Labute approximate surface area is 109 Å². The van der Waals surface area contributed by atoms with Gasteiger partial charge in [0.1, 0.15) is 6.04 Å². The number of amides is 1. The van der Waals surface area contributed by atoms with Crippen molar-refractivity contribution in [3.63, 3.8) is 0 Å². The van der Waals surface area contributed by atoms with Gasteiger partial charge in [0.25, 0.3) is 0 Å². The predicted octanol–water partition coefficient (Wildman–Crippen LogP) is 1.51. The van der Waals surface area contributed by atoms with E-state index in [9.17, 15) is 9.59 Å². The molecule has 18 heavy (non-hydrogen) atoms. The average Bonchev–Trinajstić information content (AvgIpc) is 2.33. The summed E-state index contributed by atoms with van der Waals surface area (Å²) in [7, 11) is 0. The van der Waals surface area contributed by atoms with E-state index in [1.807, 2.05) is 0 Å². The van der Waals surface area contributed by atoms with Crippen molar-refractivity contribution in [2.75, 3.05) is 6.54 Å². The summed E-state index contributed by atoms with van der Waals surface area (Å²) in [5.41, 5.74) is 5.30. The van der Waals surface area contributed by atoms with Gasteiger partial charge in [-0.3, -0.25) is 4.79 Å². The van der Waals surface area contributed by atoms with Crippen LogP contribution in [0.2, 0.25) is 0 Å². The monoisotopic (exact) mass is 258 g/mol. The summed E-state index contributed by atoms with van der Waals surface area (Å²) in [4.78, 5) is 22.3. The van der Waals surface area contributed by atoms with Crippen LogP contribution >= 0.6 is 0 Å². The Morgan fingerprint density at radius 1 is 1.28 bits per heavy atom. The standard InChI is InChI=1S/C13H26N2O3/c1-3-10(2)6-4-5-7-12(16)15-11(8-9-14)13(17)18/h10-11H,3-9,14H2,1-2H3,(H,15,16)(H,17,18). The second kappa shape index (κ2) is 9.88. The van der Waals surface area contributed by atoms with Crippen molar-refractivity contribution in [3.8, 4) is 0 Å². The number of aliphatic carboxylic acids is 1. The summed E-state index contributed by atoms with van der Waals surface area (Å²) in [6, 6.07) is -0.850. The zero-order valence-corrected chi connectivity index (χ0v) is 11.4. The molecule has 0 aromatic heterocycles. The van der Waals surface area contributed by atoms with Crippen molar-refractivity contribution in [2.45, 2.75) is 58.4 Å². The largest absolute Gasteiger partial charge is 0.480 e. The molecule has 0 spiro atoms. The molecule has 1 amide bonds. The third-order valence-corrected chi connectivity index (χ3v) is 3.14. The maximum atomic E-state index is 11.5. The highest BCUT2D eigenvalue weighted by Crippen LogP contribution is 2.12. The Bertz CT molecular complexity index is 257. The third kappa shape index (κ3) is 8.06. The molecule has 4 N–H and O–H groups in total. The average molecular weight is 258 g/mol. The molecule has 0 aliphatic heterocycles. The van der Waals surface area contributed by atoms with Gasteiger partial charge in [-0.05, 0) is 25.3 Å². The summed E-state index contributed by atoms with van der Waals surface area (Å²) in [6.07, 6.45) is 4.76. The second-order valence-electron chi connectivity index (χ2n) is 4.79. The Hall–Kier alpha value is -1.10. The van der Waals surface area contributed by atoms with Gasteiger partial charge >= 0.3 is 5.97 Å². The quantitative estimate of drug-likeness (QED) is 0.518. The van der Waals surface area contributed by atoms with Crippen LogP contribution in [-0.2, 0) is 9.59 Å². The summed E-state index contributed by atoms with van der Waals surface area (Å²) in [5.74, 6) is -0.523. The van der Waals surface area contributed by atoms with Crippen molar-refractivity contribution in [3.05, 3.63) is 0 Å². The van der Waals surface area contributed by atoms with Crippen LogP contribution in [0.15, 0.2) is 0 Å². The van der Waals surface area contributed by atoms with E-state index in [1.54, 1.807) is 0 Å². The maximum Gasteiger partial charge on any atom is 0.326 e. The summed E-state index contributed by atoms with van der Waals surface area (Å²) < 4.78 is 0.